The van der Waals surface area contributed by atoms with Crippen molar-refractivity contribution in [2.24, 2.45) is 34.4 Å². The second-order valence-electron chi connectivity index (χ2n) is 21.1. The average Bonchev–Trinajstić information content (AvgIpc) is 3.28. The number of hydrogen-bond donors (Lipinski definition) is 8. The lowest BCUT2D eigenvalue weighted by Crippen LogP contribution is -2.47. The summed E-state index contributed by atoms with van der Waals surface area (Å²) in [6.07, 6.45) is 17.8. The third-order valence-electron chi connectivity index (χ3n) is 11.4. The molecule has 0 aliphatic rings. The SMILES string of the molecule is C.CCCCN(CCCC)CCCNC(=O)OC(C)(C)C.CCCC[N+](C)(CCCC)CCCNC(=O)OC(C)(C)C.C[N+](CCCN)(CCCN)CCCN.NCCCN(CCCN)CCCN. The highest BCUT2D eigenvalue weighted by atomic mass is 16.6. The average molecular weight is 996 g/mol. The number of carbonyl (C=O) groups is 2. The molecule has 16 heteroatoms. The van der Waals surface area contributed by atoms with Crippen molar-refractivity contribution >= 4 is 12.2 Å². The fourth-order valence-corrected chi connectivity index (χ4v) is 7.32. The molecule has 0 saturated heterocycles. The van der Waals surface area contributed by atoms with E-state index in [1.165, 1.54) is 77.5 Å². The van der Waals surface area contributed by atoms with Crippen LogP contribution in [0, 0.1) is 0 Å². The molecule has 0 heterocycles. The standard InChI is InChI=1S/C17H36N2O2.C16H34N2O2.C10H27N4.C9H24N4.CH4/c1-7-9-13-19(6,14-10-8-2)15-11-12-18-16(20)21-17(3,4)5;1-6-8-12-18(13-9-7-2)14-10-11-17-15(19)20-16(3,4)5;1-14(8-2-5-11,9-3-6-12)10-4-7-13;10-4-1-7-13(8-2-5-11)9-3-6-12;/h7-15H2,1-6H3;6-14H2,1-5H3,(H,17,19);2-13H2,1H3;1-12H2;1H4/q;;+1;;/p+1. The molecule has 0 fully saturated rings. The van der Waals surface area contributed by atoms with E-state index in [-0.39, 0.29) is 19.6 Å². The van der Waals surface area contributed by atoms with Crippen molar-refractivity contribution < 1.29 is 28.0 Å². The normalized spacial score (nSPS) is 11.7. The van der Waals surface area contributed by atoms with E-state index in [1.807, 2.05) is 41.5 Å². The first-order chi connectivity index (χ1) is 32.1. The van der Waals surface area contributed by atoms with Gasteiger partial charge in [0.1, 0.15) is 11.2 Å². The quantitative estimate of drug-likeness (QED) is 0.0226. The van der Waals surface area contributed by atoms with Gasteiger partial charge in [-0.2, -0.15) is 0 Å². The summed E-state index contributed by atoms with van der Waals surface area (Å²) in [5.41, 5.74) is 32.1. The number of alkyl carbamates (subject to hydrolysis) is 2. The highest BCUT2D eigenvalue weighted by molar-refractivity contribution is 5.67. The number of nitrogens with one attached hydrogen (secondary N) is 2. The van der Waals surface area contributed by atoms with Crippen molar-refractivity contribution in [1.29, 1.82) is 0 Å². The largest absolute Gasteiger partial charge is 0.444 e. The molecule has 16 nitrogen and oxygen atoms in total. The van der Waals surface area contributed by atoms with Crippen molar-refractivity contribution in [3.63, 3.8) is 0 Å². The van der Waals surface area contributed by atoms with Crippen LogP contribution < -0.4 is 45.0 Å². The van der Waals surface area contributed by atoms with Crippen molar-refractivity contribution in [1.82, 2.24) is 20.4 Å². The molecule has 0 aromatic rings. The molecule has 420 valence electrons. The number of nitrogens with zero attached hydrogens (tertiary/aromatic N) is 4. The second kappa shape index (κ2) is 51.1. The summed E-state index contributed by atoms with van der Waals surface area (Å²) in [5.74, 6) is 0. The molecule has 0 rings (SSSR count). The smallest absolute Gasteiger partial charge is 0.407 e. The first-order valence-corrected chi connectivity index (χ1v) is 27.4. The van der Waals surface area contributed by atoms with Crippen LogP contribution in [0.15, 0.2) is 0 Å². The molecule has 0 radical (unpaired) electrons. The minimum atomic E-state index is -0.420. The molecule has 0 aliphatic carbocycles. The summed E-state index contributed by atoms with van der Waals surface area (Å²) in [4.78, 5) is 28.0. The van der Waals surface area contributed by atoms with Gasteiger partial charge < -0.3 is 73.3 Å². The van der Waals surface area contributed by atoms with Gasteiger partial charge in [0.05, 0.1) is 53.4 Å². The van der Waals surface area contributed by atoms with Crippen LogP contribution in [0.4, 0.5) is 9.59 Å². The molecule has 0 atom stereocenters. The number of amides is 2. The van der Waals surface area contributed by atoms with Crippen LogP contribution in [-0.2, 0) is 9.47 Å². The maximum atomic E-state index is 11.6. The maximum Gasteiger partial charge on any atom is 0.407 e. The van der Waals surface area contributed by atoms with E-state index in [0.717, 1.165) is 152 Å². The Hall–Kier alpha value is -1.86. The lowest BCUT2D eigenvalue weighted by atomic mass is 10.2. The molecule has 0 aromatic carbocycles. The molecule has 14 N–H and O–H groups in total. The second-order valence-corrected chi connectivity index (χ2v) is 21.1. The number of carbonyl (C=O) groups excluding carboxylic acids is 2. The van der Waals surface area contributed by atoms with Gasteiger partial charge in [0.15, 0.2) is 0 Å². The summed E-state index contributed by atoms with van der Waals surface area (Å²) < 4.78 is 12.7. The van der Waals surface area contributed by atoms with Crippen molar-refractivity contribution in [3.05, 3.63) is 0 Å². The molecular formula is C53H126N12O4+2. The Morgan fingerprint density at radius 2 is 0.652 bits per heavy atom. The summed E-state index contributed by atoms with van der Waals surface area (Å²) in [6.45, 7) is 39.9. The highest BCUT2D eigenvalue weighted by Gasteiger charge is 2.22. The Kier molecular flexibility index (Phi) is 56.3. The third-order valence-corrected chi connectivity index (χ3v) is 11.4. The Morgan fingerprint density at radius 1 is 0.406 bits per heavy atom. The number of hydrogen-bond acceptors (Lipinski definition) is 12. The van der Waals surface area contributed by atoms with Crippen LogP contribution in [0.5, 0.6) is 0 Å². The van der Waals surface area contributed by atoms with E-state index in [2.05, 4.69) is 62.2 Å². The van der Waals surface area contributed by atoms with Crippen LogP contribution in [0.25, 0.3) is 0 Å². The molecule has 0 bridgehead atoms. The number of ether oxygens (including phenoxy) is 2. The fraction of sp³-hybridized carbons (Fsp3) is 0.962. The van der Waals surface area contributed by atoms with E-state index < -0.39 is 11.2 Å². The molecule has 0 spiro atoms. The van der Waals surface area contributed by atoms with Gasteiger partial charge in [-0.3, -0.25) is 0 Å². The van der Waals surface area contributed by atoms with Crippen LogP contribution in [0.3, 0.4) is 0 Å². The summed E-state index contributed by atoms with van der Waals surface area (Å²) in [7, 11) is 4.62. The lowest BCUT2D eigenvalue weighted by molar-refractivity contribution is -0.910. The zero-order valence-electron chi connectivity index (χ0n) is 47.3. The molecule has 0 aliphatic heterocycles. The van der Waals surface area contributed by atoms with Gasteiger partial charge in [-0.25, -0.2) is 9.59 Å². The van der Waals surface area contributed by atoms with Crippen LogP contribution in [0.1, 0.15) is 179 Å². The van der Waals surface area contributed by atoms with E-state index in [9.17, 15) is 9.59 Å². The number of nitrogens with two attached hydrogens (primary N) is 6. The van der Waals surface area contributed by atoms with Gasteiger partial charge in [0, 0.05) is 38.8 Å². The van der Waals surface area contributed by atoms with E-state index >= 15 is 0 Å². The highest BCUT2D eigenvalue weighted by Crippen LogP contribution is 2.11. The maximum absolute atomic E-state index is 11.6. The molecule has 69 heavy (non-hydrogen) atoms. The number of quaternary nitrogens is 2. The minimum absolute atomic E-state index is 0. The van der Waals surface area contributed by atoms with Gasteiger partial charge in [-0.15, -0.1) is 0 Å². The Balaban J connectivity index is -0.000000268. The molecule has 2 amide bonds. The van der Waals surface area contributed by atoms with Crippen LogP contribution in [0.2, 0.25) is 0 Å². The zero-order valence-corrected chi connectivity index (χ0v) is 47.3. The van der Waals surface area contributed by atoms with Gasteiger partial charge in [-0.1, -0.05) is 60.8 Å². The summed E-state index contributed by atoms with van der Waals surface area (Å²) in [6, 6.07) is 0. The van der Waals surface area contributed by atoms with Gasteiger partial charge in [0.25, 0.3) is 0 Å². The monoisotopic (exact) mass is 995 g/mol. The number of rotatable bonds is 38. The zero-order chi connectivity index (χ0) is 52.6. The fourth-order valence-electron chi connectivity index (χ4n) is 7.32. The van der Waals surface area contributed by atoms with E-state index in [0.29, 0.717) is 13.1 Å². The van der Waals surface area contributed by atoms with Crippen LogP contribution >= 0.6 is 0 Å². The molecular weight excluding hydrogens is 869 g/mol. The molecule has 0 aromatic heterocycles. The lowest BCUT2D eigenvalue weighted by Gasteiger charge is -2.35. The predicted octanol–water partition coefficient (Wildman–Crippen LogP) is 7.20. The van der Waals surface area contributed by atoms with Crippen molar-refractivity contribution in [2.75, 3.05) is 145 Å². The van der Waals surface area contributed by atoms with Gasteiger partial charge in [0.2, 0.25) is 0 Å². The van der Waals surface area contributed by atoms with Crippen molar-refractivity contribution in [3.8, 4) is 0 Å². The predicted molar refractivity (Wildman–Crippen MR) is 301 cm³/mol. The Bertz CT molecular complexity index is 1020. The van der Waals surface area contributed by atoms with Gasteiger partial charge >= 0.3 is 12.2 Å². The topological polar surface area (TPSA) is 239 Å². The first kappa shape index (κ1) is 76.1. The number of unbranched alkanes of at least 4 members (excludes halogenated alkanes) is 4. The summed E-state index contributed by atoms with van der Waals surface area (Å²) in [5, 5.41) is 5.67. The third kappa shape index (κ3) is 58.6. The van der Waals surface area contributed by atoms with Crippen molar-refractivity contribution in [2.45, 2.75) is 191 Å². The Morgan fingerprint density at radius 3 is 0.928 bits per heavy atom. The Labute approximate surface area is 429 Å². The summed E-state index contributed by atoms with van der Waals surface area (Å²) >= 11 is 0. The van der Waals surface area contributed by atoms with E-state index in [4.69, 9.17) is 43.9 Å². The van der Waals surface area contributed by atoms with E-state index in [1.54, 1.807) is 0 Å². The van der Waals surface area contributed by atoms with Crippen LogP contribution in [-0.4, -0.2) is 187 Å². The molecule has 0 saturated carbocycles. The van der Waals surface area contributed by atoms with Gasteiger partial charge in [-0.05, 0) is 171 Å². The molecule has 0 unspecified atom stereocenters. The minimum Gasteiger partial charge on any atom is -0.444 e. The first-order valence-electron chi connectivity index (χ1n) is 27.4.